The Bertz CT molecular complexity index is 429. The van der Waals surface area contributed by atoms with Gasteiger partial charge >= 0.3 is 0 Å². The fourth-order valence-electron chi connectivity index (χ4n) is 2.45. The van der Waals surface area contributed by atoms with Gasteiger partial charge in [0.05, 0.1) is 13.2 Å². The summed E-state index contributed by atoms with van der Waals surface area (Å²) in [6.07, 6.45) is 1.01. The molecule has 98 valence electrons. The number of hydroxylamine groups is 2. The van der Waals surface area contributed by atoms with Crippen LogP contribution in [0.25, 0.3) is 0 Å². The lowest BCUT2D eigenvalue weighted by Crippen LogP contribution is -2.35. The number of amides is 1. The van der Waals surface area contributed by atoms with E-state index in [9.17, 15) is 10.0 Å². The van der Waals surface area contributed by atoms with Gasteiger partial charge in [-0.25, -0.2) is 5.06 Å². The molecule has 4 nitrogen and oxygen atoms in total. The van der Waals surface area contributed by atoms with Gasteiger partial charge in [0.2, 0.25) is 5.91 Å². The van der Waals surface area contributed by atoms with Crippen molar-refractivity contribution in [2.45, 2.75) is 32.2 Å². The summed E-state index contributed by atoms with van der Waals surface area (Å²) in [7, 11) is 1.65. The van der Waals surface area contributed by atoms with Gasteiger partial charge < -0.3 is 4.74 Å². The van der Waals surface area contributed by atoms with Crippen molar-refractivity contribution in [3.63, 3.8) is 0 Å². The van der Waals surface area contributed by atoms with E-state index in [2.05, 4.69) is 0 Å². The Hall–Kier alpha value is -1.55. The van der Waals surface area contributed by atoms with Crippen LogP contribution in [0, 0.1) is 5.92 Å². The molecule has 0 aliphatic heterocycles. The van der Waals surface area contributed by atoms with Crippen LogP contribution in [0.15, 0.2) is 24.3 Å². The third-order valence-corrected chi connectivity index (χ3v) is 3.71. The number of carbonyl (C=O) groups excluding carboxylic acids is 1. The smallest absolute Gasteiger partial charge is 0.243 e. The maximum Gasteiger partial charge on any atom is 0.243 e. The summed E-state index contributed by atoms with van der Waals surface area (Å²) in [5.74, 6) is 1.31. The molecule has 1 unspecified atom stereocenters. The molecule has 4 heteroatoms. The molecule has 1 N–H and O–H groups in total. The molecule has 0 saturated heterocycles. The van der Waals surface area contributed by atoms with E-state index in [1.54, 1.807) is 7.11 Å². The first-order valence-corrected chi connectivity index (χ1v) is 6.17. The van der Waals surface area contributed by atoms with Crippen LogP contribution in [-0.4, -0.2) is 29.3 Å². The zero-order valence-electron chi connectivity index (χ0n) is 11.0. The average Bonchev–Trinajstić information content (AvgIpc) is 3.17. The molecule has 1 saturated carbocycles. The molecule has 0 heterocycles. The van der Waals surface area contributed by atoms with Crippen LogP contribution in [0.2, 0.25) is 0 Å². The molecule has 0 spiro atoms. The maximum atomic E-state index is 11.1. The first kappa shape index (κ1) is 12.9. The molecule has 1 aliphatic carbocycles. The van der Waals surface area contributed by atoms with Crippen LogP contribution in [-0.2, 0) is 4.79 Å². The van der Waals surface area contributed by atoms with E-state index in [1.807, 2.05) is 31.2 Å². The first-order valence-electron chi connectivity index (χ1n) is 6.17. The van der Waals surface area contributed by atoms with Crippen LogP contribution in [0.1, 0.15) is 31.7 Å². The van der Waals surface area contributed by atoms with Crippen LogP contribution in [0.3, 0.4) is 0 Å². The standard InChI is InChI=1S/C14H19NO3/c1-9(15(17)10(2)16)13-8-14(13)11-4-6-12(18-3)7-5-11/h4-7,9,13-14,17H,8H2,1-3H3/t9?,13-,14-/m0/s1. The molecule has 1 fully saturated rings. The zero-order valence-corrected chi connectivity index (χ0v) is 11.0. The molecule has 1 aromatic carbocycles. The highest BCUT2D eigenvalue weighted by molar-refractivity contribution is 5.72. The van der Waals surface area contributed by atoms with Crippen LogP contribution in [0.5, 0.6) is 5.75 Å². The van der Waals surface area contributed by atoms with Gasteiger partial charge in [-0.3, -0.25) is 10.0 Å². The number of ether oxygens (including phenoxy) is 1. The highest BCUT2D eigenvalue weighted by Crippen LogP contribution is 2.50. The minimum Gasteiger partial charge on any atom is -0.497 e. The first-order chi connectivity index (χ1) is 8.54. The van der Waals surface area contributed by atoms with Gasteiger partial charge in [0.25, 0.3) is 0 Å². The molecule has 1 amide bonds. The summed E-state index contributed by atoms with van der Waals surface area (Å²) < 4.78 is 5.12. The maximum absolute atomic E-state index is 11.1. The number of rotatable bonds is 4. The van der Waals surface area contributed by atoms with Gasteiger partial charge in [-0.1, -0.05) is 12.1 Å². The number of benzene rings is 1. The Morgan fingerprint density at radius 3 is 2.56 bits per heavy atom. The lowest BCUT2D eigenvalue weighted by Gasteiger charge is -2.21. The molecular weight excluding hydrogens is 230 g/mol. The molecule has 0 radical (unpaired) electrons. The summed E-state index contributed by atoms with van der Waals surface area (Å²) in [6, 6.07) is 7.85. The quantitative estimate of drug-likeness (QED) is 0.658. The van der Waals surface area contributed by atoms with Crippen molar-refractivity contribution in [2.75, 3.05) is 7.11 Å². The van der Waals surface area contributed by atoms with Crippen LogP contribution < -0.4 is 4.74 Å². The molecule has 2 rings (SSSR count). The van der Waals surface area contributed by atoms with Crippen molar-refractivity contribution in [1.82, 2.24) is 5.06 Å². The lowest BCUT2D eigenvalue weighted by molar-refractivity contribution is -0.173. The molecule has 3 atom stereocenters. The Morgan fingerprint density at radius 1 is 1.44 bits per heavy atom. The Kier molecular flexibility index (Phi) is 3.57. The number of nitrogens with zero attached hydrogens (tertiary/aromatic N) is 1. The molecule has 18 heavy (non-hydrogen) atoms. The van der Waals surface area contributed by atoms with Crippen LogP contribution >= 0.6 is 0 Å². The number of hydrogen-bond acceptors (Lipinski definition) is 3. The highest BCUT2D eigenvalue weighted by Gasteiger charge is 2.44. The normalized spacial score (nSPS) is 23.3. The Balaban J connectivity index is 1.99. The Labute approximate surface area is 107 Å². The van der Waals surface area contributed by atoms with E-state index in [0.29, 0.717) is 11.8 Å². The summed E-state index contributed by atoms with van der Waals surface area (Å²) in [4.78, 5) is 11.1. The van der Waals surface area contributed by atoms with Crippen molar-refractivity contribution in [1.29, 1.82) is 0 Å². The monoisotopic (exact) mass is 249 g/mol. The van der Waals surface area contributed by atoms with Gasteiger partial charge in [-0.2, -0.15) is 0 Å². The second-order valence-electron chi connectivity index (χ2n) is 4.88. The number of hydrogen-bond donors (Lipinski definition) is 1. The number of methoxy groups -OCH3 is 1. The van der Waals surface area contributed by atoms with E-state index in [-0.39, 0.29) is 11.9 Å². The summed E-state index contributed by atoms with van der Waals surface area (Å²) in [5.41, 5.74) is 1.24. The summed E-state index contributed by atoms with van der Waals surface area (Å²) in [5, 5.41) is 10.5. The predicted octanol–water partition coefficient (Wildman–Crippen LogP) is 2.42. The highest BCUT2D eigenvalue weighted by atomic mass is 16.5. The summed E-state index contributed by atoms with van der Waals surface area (Å²) >= 11 is 0. The van der Waals surface area contributed by atoms with Gasteiger partial charge in [0, 0.05) is 6.92 Å². The van der Waals surface area contributed by atoms with E-state index in [4.69, 9.17) is 4.74 Å². The zero-order chi connectivity index (χ0) is 13.3. The van der Waals surface area contributed by atoms with Crippen LogP contribution in [0.4, 0.5) is 0 Å². The van der Waals surface area contributed by atoms with Crippen molar-refractivity contribution < 1.29 is 14.7 Å². The second kappa shape index (κ2) is 4.98. The van der Waals surface area contributed by atoms with Gasteiger partial charge in [-0.05, 0) is 42.9 Å². The van der Waals surface area contributed by atoms with Crippen molar-refractivity contribution in [3.05, 3.63) is 29.8 Å². The molecule has 0 aromatic heterocycles. The fourth-order valence-corrected chi connectivity index (χ4v) is 2.45. The van der Waals surface area contributed by atoms with Crippen molar-refractivity contribution in [2.24, 2.45) is 5.92 Å². The molecule has 1 aliphatic rings. The Morgan fingerprint density at radius 2 is 2.06 bits per heavy atom. The SMILES string of the molecule is COc1ccc([C@@H]2C[C@H]2C(C)N(O)C(C)=O)cc1. The summed E-state index contributed by atoms with van der Waals surface area (Å²) in [6.45, 7) is 3.26. The minimum atomic E-state index is -0.303. The van der Waals surface area contributed by atoms with Gasteiger partial charge in [-0.15, -0.1) is 0 Å². The third kappa shape index (κ3) is 2.48. The van der Waals surface area contributed by atoms with E-state index in [0.717, 1.165) is 17.2 Å². The van der Waals surface area contributed by atoms with Gasteiger partial charge in [0.1, 0.15) is 5.75 Å². The van der Waals surface area contributed by atoms with Crippen molar-refractivity contribution >= 4 is 5.91 Å². The molecular formula is C14H19NO3. The topological polar surface area (TPSA) is 49.8 Å². The molecule has 1 aromatic rings. The fraction of sp³-hybridized carbons (Fsp3) is 0.500. The van der Waals surface area contributed by atoms with E-state index >= 15 is 0 Å². The second-order valence-corrected chi connectivity index (χ2v) is 4.88. The minimum absolute atomic E-state index is 0.130. The predicted molar refractivity (Wildman–Crippen MR) is 67.6 cm³/mol. The number of carbonyl (C=O) groups is 1. The third-order valence-electron chi connectivity index (χ3n) is 3.71. The van der Waals surface area contributed by atoms with E-state index < -0.39 is 0 Å². The van der Waals surface area contributed by atoms with Crippen molar-refractivity contribution in [3.8, 4) is 5.75 Å². The van der Waals surface area contributed by atoms with E-state index in [1.165, 1.54) is 12.5 Å². The molecule has 0 bridgehead atoms. The average molecular weight is 249 g/mol. The lowest BCUT2D eigenvalue weighted by atomic mass is 10.1. The largest absolute Gasteiger partial charge is 0.497 e. The van der Waals surface area contributed by atoms with Gasteiger partial charge in [0.15, 0.2) is 0 Å².